The lowest BCUT2D eigenvalue weighted by Gasteiger charge is -2.31. The van der Waals surface area contributed by atoms with Crippen molar-refractivity contribution >= 4 is 23.5 Å². The maximum Gasteiger partial charge on any atom is 0.309 e. The Morgan fingerprint density at radius 2 is 1.55 bits per heavy atom. The van der Waals surface area contributed by atoms with E-state index in [1.54, 1.807) is 0 Å². The first-order valence-corrected chi connectivity index (χ1v) is 11.0. The van der Waals surface area contributed by atoms with Gasteiger partial charge >= 0.3 is 5.97 Å². The molecule has 31 heavy (non-hydrogen) atoms. The summed E-state index contributed by atoms with van der Waals surface area (Å²) in [6.07, 6.45) is 3.88. The van der Waals surface area contributed by atoms with Crippen molar-refractivity contribution in [1.29, 1.82) is 0 Å². The van der Waals surface area contributed by atoms with Gasteiger partial charge in [-0.1, -0.05) is 48.5 Å². The van der Waals surface area contributed by atoms with Crippen molar-refractivity contribution in [1.82, 2.24) is 4.90 Å². The SMILES string of the molecule is O=C(COC(=O)C1CCN(C(=O)C2CC2)CC1)Nc1ccccc1Cc1ccccc1. The molecule has 1 N–H and O–H groups in total. The van der Waals surface area contributed by atoms with Gasteiger partial charge in [-0.25, -0.2) is 0 Å². The quantitative estimate of drug-likeness (QED) is 0.697. The van der Waals surface area contributed by atoms with Crippen molar-refractivity contribution in [3.63, 3.8) is 0 Å². The Balaban J connectivity index is 1.24. The van der Waals surface area contributed by atoms with Gasteiger partial charge in [-0.2, -0.15) is 0 Å². The van der Waals surface area contributed by atoms with E-state index in [1.807, 2.05) is 59.5 Å². The average molecular weight is 421 g/mol. The summed E-state index contributed by atoms with van der Waals surface area (Å²) in [7, 11) is 0. The number of benzene rings is 2. The molecule has 0 radical (unpaired) electrons. The molecule has 1 aliphatic heterocycles. The molecule has 6 heteroatoms. The van der Waals surface area contributed by atoms with E-state index in [0.29, 0.717) is 32.4 Å². The van der Waals surface area contributed by atoms with Gasteiger partial charge in [0, 0.05) is 24.7 Å². The van der Waals surface area contributed by atoms with Crippen molar-refractivity contribution < 1.29 is 19.1 Å². The summed E-state index contributed by atoms with van der Waals surface area (Å²) in [5.74, 6) is -0.528. The number of para-hydroxylation sites is 1. The molecule has 0 unspecified atom stereocenters. The normalized spacial score (nSPS) is 16.6. The fraction of sp³-hybridized carbons (Fsp3) is 0.400. The van der Waals surface area contributed by atoms with Crippen LogP contribution >= 0.6 is 0 Å². The fourth-order valence-corrected chi connectivity index (χ4v) is 3.98. The molecule has 1 heterocycles. The van der Waals surface area contributed by atoms with Crippen molar-refractivity contribution in [3.8, 4) is 0 Å². The second-order valence-electron chi connectivity index (χ2n) is 8.35. The molecule has 6 nitrogen and oxygen atoms in total. The van der Waals surface area contributed by atoms with Crippen LogP contribution in [0.25, 0.3) is 0 Å². The second kappa shape index (κ2) is 9.77. The van der Waals surface area contributed by atoms with Crippen LogP contribution in [-0.2, 0) is 25.5 Å². The summed E-state index contributed by atoms with van der Waals surface area (Å²) >= 11 is 0. The molecule has 0 spiro atoms. The molecule has 0 bridgehead atoms. The number of likely N-dealkylation sites (tertiary alicyclic amines) is 1. The van der Waals surface area contributed by atoms with E-state index in [0.717, 1.165) is 29.7 Å². The molecule has 2 aromatic carbocycles. The summed E-state index contributed by atoms with van der Waals surface area (Å²) in [5.41, 5.74) is 2.88. The van der Waals surface area contributed by atoms with Gasteiger partial charge in [0.25, 0.3) is 5.91 Å². The third-order valence-electron chi connectivity index (χ3n) is 5.94. The highest BCUT2D eigenvalue weighted by Crippen LogP contribution is 2.32. The van der Waals surface area contributed by atoms with Crippen LogP contribution in [-0.4, -0.2) is 42.4 Å². The van der Waals surface area contributed by atoms with E-state index in [2.05, 4.69) is 5.32 Å². The van der Waals surface area contributed by atoms with E-state index in [4.69, 9.17) is 4.74 Å². The lowest BCUT2D eigenvalue weighted by molar-refractivity contribution is -0.154. The molecule has 4 rings (SSSR count). The smallest absolute Gasteiger partial charge is 0.309 e. The Bertz CT molecular complexity index is 932. The number of hydrogen-bond donors (Lipinski definition) is 1. The molecule has 0 atom stereocenters. The number of carbonyl (C=O) groups excluding carboxylic acids is 3. The van der Waals surface area contributed by atoms with Crippen LogP contribution < -0.4 is 5.32 Å². The van der Waals surface area contributed by atoms with Gasteiger partial charge < -0.3 is 15.0 Å². The number of esters is 1. The first-order chi connectivity index (χ1) is 15.1. The Kier molecular flexibility index (Phi) is 6.65. The van der Waals surface area contributed by atoms with Crippen molar-refractivity contribution in [2.45, 2.75) is 32.1 Å². The molecule has 2 fully saturated rings. The Morgan fingerprint density at radius 1 is 0.871 bits per heavy atom. The third kappa shape index (κ3) is 5.72. The topological polar surface area (TPSA) is 75.7 Å². The second-order valence-corrected chi connectivity index (χ2v) is 8.35. The Labute approximate surface area is 182 Å². The van der Waals surface area contributed by atoms with Gasteiger partial charge in [-0.15, -0.1) is 0 Å². The number of rotatable bonds is 7. The summed E-state index contributed by atoms with van der Waals surface area (Å²) in [5, 5.41) is 2.86. The van der Waals surface area contributed by atoms with Gasteiger partial charge in [0.15, 0.2) is 6.61 Å². The van der Waals surface area contributed by atoms with Crippen LogP contribution in [0.3, 0.4) is 0 Å². The van der Waals surface area contributed by atoms with E-state index in [9.17, 15) is 14.4 Å². The monoisotopic (exact) mass is 420 g/mol. The summed E-state index contributed by atoms with van der Waals surface area (Å²) in [6, 6.07) is 17.7. The number of nitrogens with zero attached hydrogens (tertiary/aromatic N) is 1. The molecule has 1 saturated heterocycles. The van der Waals surface area contributed by atoms with Crippen LogP contribution in [0.4, 0.5) is 5.69 Å². The van der Waals surface area contributed by atoms with Crippen LogP contribution in [0.5, 0.6) is 0 Å². The minimum absolute atomic E-state index is 0.206. The number of hydrogen-bond acceptors (Lipinski definition) is 4. The zero-order chi connectivity index (χ0) is 21.6. The molecule has 1 aliphatic carbocycles. The van der Waals surface area contributed by atoms with Crippen LogP contribution in [0.15, 0.2) is 54.6 Å². The largest absolute Gasteiger partial charge is 0.455 e. The van der Waals surface area contributed by atoms with Gasteiger partial charge in [0.05, 0.1) is 5.92 Å². The highest BCUT2D eigenvalue weighted by molar-refractivity contribution is 5.93. The van der Waals surface area contributed by atoms with Gasteiger partial charge in [-0.3, -0.25) is 14.4 Å². The average Bonchev–Trinajstić information content (AvgIpc) is 3.65. The lowest BCUT2D eigenvalue weighted by Crippen LogP contribution is -2.41. The van der Waals surface area contributed by atoms with Gasteiger partial charge in [0.2, 0.25) is 5.91 Å². The van der Waals surface area contributed by atoms with Gasteiger partial charge in [0.1, 0.15) is 0 Å². The number of ether oxygens (including phenoxy) is 1. The first kappa shape index (κ1) is 21.1. The zero-order valence-electron chi connectivity index (χ0n) is 17.6. The van der Waals surface area contributed by atoms with E-state index >= 15 is 0 Å². The Morgan fingerprint density at radius 3 is 2.26 bits per heavy atom. The Hall–Kier alpha value is -3.15. The zero-order valence-corrected chi connectivity index (χ0v) is 17.6. The molecule has 1 saturated carbocycles. The number of nitrogens with one attached hydrogen (secondary N) is 1. The van der Waals surface area contributed by atoms with Crippen molar-refractivity contribution in [2.75, 3.05) is 25.0 Å². The van der Waals surface area contributed by atoms with E-state index < -0.39 is 0 Å². The number of amides is 2. The van der Waals surface area contributed by atoms with Gasteiger partial charge in [-0.05, 0) is 49.3 Å². The van der Waals surface area contributed by atoms with Crippen LogP contribution in [0.1, 0.15) is 36.8 Å². The van der Waals surface area contributed by atoms with Crippen LogP contribution in [0.2, 0.25) is 0 Å². The van der Waals surface area contributed by atoms with Crippen LogP contribution in [0, 0.1) is 11.8 Å². The lowest BCUT2D eigenvalue weighted by atomic mass is 9.97. The first-order valence-electron chi connectivity index (χ1n) is 11.0. The highest BCUT2D eigenvalue weighted by Gasteiger charge is 2.36. The molecular formula is C25H28N2O4. The number of carbonyl (C=O) groups is 3. The molecule has 0 aromatic heterocycles. The number of anilines is 1. The summed E-state index contributed by atoms with van der Waals surface area (Å²) < 4.78 is 5.27. The summed E-state index contributed by atoms with van der Waals surface area (Å²) in [6.45, 7) is 0.877. The minimum atomic E-state index is -0.355. The van der Waals surface area contributed by atoms with E-state index in [1.165, 1.54) is 0 Å². The molecule has 162 valence electrons. The third-order valence-corrected chi connectivity index (χ3v) is 5.94. The standard InChI is InChI=1S/C25H28N2O4/c28-23(26-22-9-5-4-8-21(22)16-18-6-2-1-3-7-18)17-31-25(30)20-12-14-27(15-13-20)24(29)19-10-11-19/h1-9,19-20H,10-17H2,(H,26,28). The maximum atomic E-state index is 12.4. The van der Waals surface area contributed by atoms with Crippen molar-refractivity contribution in [3.05, 3.63) is 65.7 Å². The predicted octanol–water partition coefficient (Wildman–Crippen LogP) is 3.41. The minimum Gasteiger partial charge on any atom is -0.455 e. The fourth-order valence-electron chi connectivity index (χ4n) is 3.98. The molecule has 2 amide bonds. The van der Waals surface area contributed by atoms with Crippen molar-refractivity contribution in [2.24, 2.45) is 11.8 Å². The van der Waals surface area contributed by atoms with E-state index in [-0.39, 0.29) is 36.2 Å². The highest BCUT2D eigenvalue weighted by atomic mass is 16.5. The predicted molar refractivity (Wildman–Crippen MR) is 117 cm³/mol. The summed E-state index contributed by atoms with van der Waals surface area (Å²) in [4.78, 5) is 38.8. The molecule has 2 aliphatic rings. The molecule has 2 aromatic rings. The maximum absolute atomic E-state index is 12.4. The number of piperidine rings is 1. The molecular weight excluding hydrogens is 392 g/mol.